The summed E-state index contributed by atoms with van der Waals surface area (Å²) in [5.41, 5.74) is 1.83. The van der Waals surface area contributed by atoms with Gasteiger partial charge in [0.1, 0.15) is 5.82 Å². The molecule has 0 radical (unpaired) electrons. The second-order valence-corrected chi connectivity index (χ2v) is 6.79. The maximum atomic E-state index is 4.78. The molecule has 22 heavy (non-hydrogen) atoms. The quantitative estimate of drug-likeness (QED) is 0.614. The monoisotopic (exact) mass is 405 g/mol. The molecule has 0 N–H and O–H groups in total. The number of rotatable bonds is 2. The molecule has 5 nitrogen and oxygen atoms in total. The number of aromatic nitrogens is 4. The Morgan fingerprint density at radius 2 is 1.82 bits per heavy atom. The van der Waals surface area contributed by atoms with Gasteiger partial charge in [-0.25, -0.2) is 0 Å². The molecule has 0 amide bonds. The van der Waals surface area contributed by atoms with Crippen LogP contribution in [-0.4, -0.2) is 32.9 Å². The first-order valence-electron chi connectivity index (χ1n) is 7.55. The fourth-order valence-corrected chi connectivity index (χ4v) is 3.42. The maximum Gasteiger partial charge on any atom is 0.185 e. The lowest BCUT2D eigenvalue weighted by atomic mass is 10.1. The van der Waals surface area contributed by atoms with Crippen molar-refractivity contribution in [2.45, 2.75) is 19.3 Å². The number of anilines is 1. The van der Waals surface area contributed by atoms with Crippen LogP contribution in [0.2, 0.25) is 0 Å². The van der Waals surface area contributed by atoms with Crippen molar-refractivity contribution in [2.75, 3.05) is 18.0 Å². The van der Waals surface area contributed by atoms with Crippen LogP contribution in [0.3, 0.4) is 0 Å². The van der Waals surface area contributed by atoms with Crippen molar-refractivity contribution in [3.63, 3.8) is 0 Å². The number of hydrogen-bond acceptors (Lipinski definition) is 4. The molecule has 1 aliphatic heterocycles. The zero-order valence-electron chi connectivity index (χ0n) is 12.1. The Labute approximate surface area is 142 Å². The molecule has 112 valence electrons. The second kappa shape index (κ2) is 5.83. The van der Waals surface area contributed by atoms with Crippen LogP contribution >= 0.6 is 22.6 Å². The number of benzene rings is 1. The van der Waals surface area contributed by atoms with E-state index in [2.05, 4.69) is 49.8 Å². The Morgan fingerprint density at radius 3 is 2.64 bits per heavy atom. The number of fused-ring (bicyclic) bond motifs is 1. The highest BCUT2D eigenvalue weighted by Crippen LogP contribution is 2.22. The first-order chi connectivity index (χ1) is 10.8. The largest absolute Gasteiger partial charge is 0.355 e. The highest BCUT2D eigenvalue weighted by molar-refractivity contribution is 14.1. The zero-order chi connectivity index (χ0) is 14.9. The fraction of sp³-hybridized carbons (Fsp3) is 0.312. The summed E-state index contributed by atoms with van der Waals surface area (Å²) >= 11 is 2.31. The van der Waals surface area contributed by atoms with Crippen LogP contribution in [0.25, 0.3) is 17.0 Å². The third-order valence-corrected chi connectivity index (χ3v) is 4.68. The van der Waals surface area contributed by atoms with Gasteiger partial charge in [-0.3, -0.25) is 0 Å². The summed E-state index contributed by atoms with van der Waals surface area (Å²) < 4.78 is 3.04. The standard InChI is InChI=1S/C16H16IN5/c17-13-6-4-5-12(11-13)16-19-18-14-7-8-15(20-22(14)16)21-9-2-1-3-10-21/h4-8,11H,1-3,9-10H2. The van der Waals surface area contributed by atoms with Gasteiger partial charge in [0.05, 0.1) is 0 Å². The third-order valence-electron chi connectivity index (χ3n) is 4.01. The van der Waals surface area contributed by atoms with Gasteiger partial charge in [-0.15, -0.1) is 15.3 Å². The van der Waals surface area contributed by atoms with Gasteiger partial charge in [-0.05, 0) is 66.1 Å². The number of hydrogen-bond donors (Lipinski definition) is 0. The van der Waals surface area contributed by atoms with Gasteiger partial charge >= 0.3 is 0 Å². The van der Waals surface area contributed by atoms with Gasteiger partial charge in [0.25, 0.3) is 0 Å². The molecule has 0 spiro atoms. The predicted molar refractivity (Wildman–Crippen MR) is 95.0 cm³/mol. The van der Waals surface area contributed by atoms with E-state index in [4.69, 9.17) is 5.10 Å². The second-order valence-electron chi connectivity index (χ2n) is 5.54. The minimum Gasteiger partial charge on any atom is -0.355 e. The summed E-state index contributed by atoms with van der Waals surface area (Å²) in [6.07, 6.45) is 3.80. The minimum absolute atomic E-state index is 0.787. The summed E-state index contributed by atoms with van der Waals surface area (Å²) in [5, 5.41) is 13.3. The van der Waals surface area contributed by atoms with Crippen LogP contribution in [0.1, 0.15) is 19.3 Å². The molecule has 0 atom stereocenters. The van der Waals surface area contributed by atoms with E-state index in [0.717, 1.165) is 35.9 Å². The van der Waals surface area contributed by atoms with Crippen LogP contribution in [-0.2, 0) is 0 Å². The lowest BCUT2D eigenvalue weighted by Gasteiger charge is -2.27. The van der Waals surface area contributed by atoms with Crippen LogP contribution in [0, 0.1) is 3.57 Å². The van der Waals surface area contributed by atoms with E-state index in [1.165, 1.54) is 22.8 Å². The summed E-state index contributed by atoms with van der Waals surface area (Å²) in [6, 6.07) is 12.3. The highest BCUT2D eigenvalue weighted by Gasteiger charge is 2.15. The first kappa shape index (κ1) is 13.9. The highest BCUT2D eigenvalue weighted by atomic mass is 127. The van der Waals surface area contributed by atoms with Crippen LogP contribution in [0.15, 0.2) is 36.4 Å². The van der Waals surface area contributed by atoms with E-state index in [1.54, 1.807) is 0 Å². The fourth-order valence-electron chi connectivity index (χ4n) is 2.88. The Morgan fingerprint density at radius 1 is 0.955 bits per heavy atom. The average Bonchev–Trinajstić information content (AvgIpc) is 2.99. The van der Waals surface area contributed by atoms with E-state index in [-0.39, 0.29) is 0 Å². The lowest BCUT2D eigenvalue weighted by molar-refractivity contribution is 0.570. The van der Waals surface area contributed by atoms with Gasteiger partial charge in [-0.1, -0.05) is 12.1 Å². The summed E-state index contributed by atoms with van der Waals surface area (Å²) in [5.74, 6) is 1.81. The van der Waals surface area contributed by atoms with Crippen molar-refractivity contribution in [3.05, 3.63) is 40.0 Å². The van der Waals surface area contributed by atoms with E-state index in [1.807, 2.05) is 28.8 Å². The molecular weight excluding hydrogens is 389 g/mol. The normalized spacial score (nSPS) is 15.4. The molecule has 6 heteroatoms. The molecule has 1 fully saturated rings. The van der Waals surface area contributed by atoms with Crippen molar-refractivity contribution >= 4 is 34.1 Å². The van der Waals surface area contributed by atoms with Crippen molar-refractivity contribution in [1.82, 2.24) is 19.8 Å². The Balaban J connectivity index is 1.79. The molecule has 3 heterocycles. The van der Waals surface area contributed by atoms with E-state index < -0.39 is 0 Å². The van der Waals surface area contributed by atoms with Gasteiger partial charge in [0.2, 0.25) is 0 Å². The summed E-state index contributed by atoms with van der Waals surface area (Å²) in [7, 11) is 0. The molecule has 0 aliphatic carbocycles. The average molecular weight is 405 g/mol. The van der Waals surface area contributed by atoms with Gasteiger partial charge in [0.15, 0.2) is 11.5 Å². The number of halogens is 1. The van der Waals surface area contributed by atoms with E-state index in [0.29, 0.717) is 0 Å². The van der Waals surface area contributed by atoms with E-state index in [9.17, 15) is 0 Å². The van der Waals surface area contributed by atoms with Crippen molar-refractivity contribution in [1.29, 1.82) is 0 Å². The predicted octanol–water partition coefficient (Wildman–Crippen LogP) is 3.39. The molecular formula is C16H16IN5. The molecule has 4 rings (SSSR count). The van der Waals surface area contributed by atoms with Crippen molar-refractivity contribution in [3.8, 4) is 11.4 Å². The van der Waals surface area contributed by atoms with Gasteiger partial charge in [-0.2, -0.15) is 4.52 Å². The van der Waals surface area contributed by atoms with Gasteiger partial charge in [0, 0.05) is 22.2 Å². The Bertz CT molecular complexity index is 807. The smallest absolute Gasteiger partial charge is 0.185 e. The minimum atomic E-state index is 0.787. The zero-order valence-corrected chi connectivity index (χ0v) is 14.3. The van der Waals surface area contributed by atoms with Crippen molar-refractivity contribution in [2.24, 2.45) is 0 Å². The Hall–Kier alpha value is -1.70. The molecule has 0 saturated carbocycles. The van der Waals surface area contributed by atoms with E-state index >= 15 is 0 Å². The molecule has 2 aromatic heterocycles. The molecule has 1 aromatic carbocycles. The first-order valence-corrected chi connectivity index (χ1v) is 8.62. The topological polar surface area (TPSA) is 46.3 Å². The molecule has 1 saturated heterocycles. The van der Waals surface area contributed by atoms with Gasteiger partial charge < -0.3 is 4.90 Å². The molecule has 1 aliphatic rings. The summed E-state index contributed by atoms with van der Waals surface area (Å²) in [4.78, 5) is 2.35. The van der Waals surface area contributed by atoms with Crippen LogP contribution < -0.4 is 4.90 Å². The van der Waals surface area contributed by atoms with Crippen LogP contribution in [0.5, 0.6) is 0 Å². The SMILES string of the molecule is Ic1cccc(-c2nnc3ccc(N4CCCCC4)nn23)c1. The van der Waals surface area contributed by atoms with Crippen molar-refractivity contribution < 1.29 is 0 Å². The molecule has 0 unspecified atom stereocenters. The maximum absolute atomic E-state index is 4.78. The number of piperidine rings is 1. The Kier molecular flexibility index (Phi) is 3.69. The molecule has 3 aromatic rings. The third kappa shape index (κ3) is 2.55. The number of nitrogens with zero attached hydrogens (tertiary/aromatic N) is 5. The lowest BCUT2D eigenvalue weighted by Crippen LogP contribution is -2.30. The van der Waals surface area contributed by atoms with Crippen LogP contribution in [0.4, 0.5) is 5.82 Å². The summed E-state index contributed by atoms with van der Waals surface area (Å²) in [6.45, 7) is 2.17. The molecule has 0 bridgehead atoms.